The number of nitrogens with zero attached hydrogens (tertiary/aromatic N) is 2. The van der Waals surface area contributed by atoms with E-state index in [1.165, 1.54) is 0 Å². The lowest BCUT2D eigenvalue weighted by Crippen LogP contribution is -2.12. The van der Waals surface area contributed by atoms with Gasteiger partial charge in [-0.3, -0.25) is 9.36 Å². The first-order valence-electron chi connectivity index (χ1n) is 8.22. The number of benzene rings is 3. The maximum absolute atomic E-state index is 12.6. The van der Waals surface area contributed by atoms with E-state index in [1.54, 1.807) is 30.6 Å². The zero-order valence-electron chi connectivity index (χ0n) is 14.1. The Morgan fingerprint density at radius 1 is 1.04 bits per heavy atom. The summed E-state index contributed by atoms with van der Waals surface area (Å²) in [6.45, 7) is 1.93. The zero-order valence-corrected chi connectivity index (χ0v) is 14.9. The third kappa shape index (κ3) is 3.07. The van der Waals surface area contributed by atoms with Crippen LogP contribution in [0, 0.1) is 6.92 Å². The fraction of sp³-hybridized carbons (Fsp3) is 0.0476. The summed E-state index contributed by atoms with van der Waals surface area (Å²) in [5.74, 6) is -0.188. The first-order chi connectivity index (χ1) is 12.6. The third-order valence-electron chi connectivity index (χ3n) is 4.29. The van der Waals surface area contributed by atoms with E-state index < -0.39 is 0 Å². The molecule has 0 spiro atoms. The summed E-state index contributed by atoms with van der Waals surface area (Å²) >= 11 is 6.02. The summed E-state index contributed by atoms with van der Waals surface area (Å²) in [4.78, 5) is 17.0. The molecule has 1 aromatic heterocycles. The van der Waals surface area contributed by atoms with Gasteiger partial charge in [0.25, 0.3) is 5.91 Å². The van der Waals surface area contributed by atoms with Crippen molar-refractivity contribution in [1.29, 1.82) is 0 Å². The SMILES string of the molecule is Cc1ccc(Cl)cc1NC(=O)c1ccc2c(c1)ncn2-c1ccccc1. The van der Waals surface area contributed by atoms with Crippen molar-refractivity contribution >= 4 is 34.2 Å². The van der Waals surface area contributed by atoms with Gasteiger partial charge in [-0.25, -0.2) is 4.98 Å². The Bertz CT molecular complexity index is 1100. The Morgan fingerprint density at radius 2 is 1.85 bits per heavy atom. The van der Waals surface area contributed by atoms with Crippen LogP contribution < -0.4 is 5.32 Å². The van der Waals surface area contributed by atoms with Crippen molar-refractivity contribution in [1.82, 2.24) is 9.55 Å². The number of carbonyl (C=O) groups is 1. The largest absolute Gasteiger partial charge is 0.322 e. The summed E-state index contributed by atoms with van der Waals surface area (Å²) in [5.41, 5.74) is 4.96. The molecule has 0 radical (unpaired) electrons. The molecule has 1 N–H and O–H groups in total. The van der Waals surface area contributed by atoms with E-state index in [4.69, 9.17) is 11.6 Å². The van der Waals surface area contributed by atoms with Gasteiger partial charge < -0.3 is 5.32 Å². The number of halogens is 1. The topological polar surface area (TPSA) is 46.9 Å². The van der Waals surface area contributed by atoms with Crippen LogP contribution in [0.15, 0.2) is 73.1 Å². The molecule has 0 unspecified atom stereocenters. The van der Waals surface area contributed by atoms with E-state index in [0.29, 0.717) is 16.3 Å². The lowest BCUT2D eigenvalue weighted by Gasteiger charge is -2.09. The molecule has 0 saturated carbocycles. The summed E-state index contributed by atoms with van der Waals surface area (Å²) in [6.07, 6.45) is 1.77. The van der Waals surface area contributed by atoms with Gasteiger partial charge in [-0.1, -0.05) is 35.9 Å². The Labute approximate surface area is 156 Å². The van der Waals surface area contributed by atoms with Gasteiger partial charge in [0, 0.05) is 22.0 Å². The van der Waals surface area contributed by atoms with E-state index in [1.807, 2.05) is 54.0 Å². The van der Waals surface area contributed by atoms with Gasteiger partial charge in [-0.2, -0.15) is 0 Å². The summed E-state index contributed by atoms with van der Waals surface area (Å²) in [6, 6.07) is 20.9. The van der Waals surface area contributed by atoms with Crippen molar-refractivity contribution in [2.24, 2.45) is 0 Å². The number of aromatic nitrogens is 2. The van der Waals surface area contributed by atoms with Gasteiger partial charge in [0.05, 0.1) is 11.0 Å². The molecule has 26 heavy (non-hydrogen) atoms. The molecule has 0 bridgehead atoms. The van der Waals surface area contributed by atoms with Crippen LogP contribution in [0.2, 0.25) is 5.02 Å². The number of hydrogen-bond acceptors (Lipinski definition) is 2. The molecule has 1 amide bonds. The quantitative estimate of drug-likeness (QED) is 0.542. The number of carbonyl (C=O) groups excluding carboxylic acids is 1. The van der Waals surface area contributed by atoms with Crippen LogP contribution in [0.25, 0.3) is 16.7 Å². The third-order valence-corrected chi connectivity index (χ3v) is 4.53. The fourth-order valence-electron chi connectivity index (χ4n) is 2.87. The number of aryl methyl sites for hydroxylation is 1. The van der Waals surface area contributed by atoms with E-state index >= 15 is 0 Å². The molecule has 0 aliphatic heterocycles. The number of fused-ring (bicyclic) bond motifs is 1. The van der Waals surface area contributed by atoms with Gasteiger partial charge >= 0.3 is 0 Å². The molecule has 4 aromatic rings. The van der Waals surface area contributed by atoms with Crippen LogP contribution in [0.5, 0.6) is 0 Å². The standard InChI is InChI=1S/C21H16ClN3O/c1-14-7-9-16(22)12-18(14)24-21(26)15-8-10-20-19(11-15)23-13-25(20)17-5-3-2-4-6-17/h2-13H,1H3,(H,24,26). The summed E-state index contributed by atoms with van der Waals surface area (Å²) in [5, 5.41) is 3.50. The van der Waals surface area contributed by atoms with Crippen LogP contribution >= 0.6 is 11.6 Å². The number of hydrogen-bond donors (Lipinski definition) is 1. The predicted octanol–water partition coefficient (Wildman–Crippen LogP) is 5.24. The second kappa shape index (κ2) is 6.65. The fourth-order valence-corrected chi connectivity index (χ4v) is 3.04. The summed E-state index contributed by atoms with van der Waals surface area (Å²) < 4.78 is 2.00. The van der Waals surface area contributed by atoms with Crippen molar-refractivity contribution in [3.63, 3.8) is 0 Å². The Morgan fingerprint density at radius 3 is 2.65 bits per heavy atom. The maximum atomic E-state index is 12.6. The smallest absolute Gasteiger partial charge is 0.255 e. The van der Waals surface area contributed by atoms with E-state index in [0.717, 1.165) is 22.3 Å². The van der Waals surface area contributed by atoms with Gasteiger partial charge in [-0.15, -0.1) is 0 Å². The number of nitrogens with one attached hydrogen (secondary N) is 1. The van der Waals surface area contributed by atoms with Crippen molar-refractivity contribution in [3.05, 3.63) is 89.2 Å². The Kier molecular flexibility index (Phi) is 4.19. The molecule has 5 heteroatoms. The normalized spacial score (nSPS) is 10.8. The minimum atomic E-state index is -0.188. The van der Waals surface area contributed by atoms with Crippen molar-refractivity contribution < 1.29 is 4.79 Å². The monoisotopic (exact) mass is 361 g/mol. The lowest BCUT2D eigenvalue weighted by atomic mass is 10.1. The van der Waals surface area contributed by atoms with Gasteiger partial charge in [0.2, 0.25) is 0 Å². The number of rotatable bonds is 3. The first-order valence-corrected chi connectivity index (χ1v) is 8.60. The molecule has 3 aromatic carbocycles. The molecule has 4 nitrogen and oxygen atoms in total. The molecule has 0 atom stereocenters. The highest BCUT2D eigenvalue weighted by molar-refractivity contribution is 6.31. The van der Waals surface area contributed by atoms with Crippen LogP contribution in [0.4, 0.5) is 5.69 Å². The van der Waals surface area contributed by atoms with Crippen molar-refractivity contribution in [2.75, 3.05) is 5.32 Å². The highest BCUT2D eigenvalue weighted by Gasteiger charge is 2.11. The summed E-state index contributed by atoms with van der Waals surface area (Å²) in [7, 11) is 0. The molecule has 4 rings (SSSR count). The maximum Gasteiger partial charge on any atom is 0.255 e. The Balaban J connectivity index is 1.66. The molecule has 0 aliphatic carbocycles. The highest BCUT2D eigenvalue weighted by atomic mass is 35.5. The van der Waals surface area contributed by atoms with Crippen molar-refractivity contribution in [3.8, 4) is 5.69 Å². The van der Waals surface area contributed by atoms with E-state index in [2.05, 4.69) is 10.3 Å². The van der Waals surface area contributed by atoms with Crippen LogP contribution in [0.1, 0.15) is 15.9 Å². The first kappa shape index (κ1) is 16.4. The molecule has 0 fully saturated rings. The van der Waals surface area contributed by atoms with Gasteiger partial charge in [-0.05, 0) is 55.0 Å². The van der Waals surface area contributed by atoms with Crippen LogP contribution in [-0.4, -0.2) is 15.5 Å². The molecular weight excluding hydrogens is 346 g/mol. The second-order valence-electron chi connectivity index (χ2n) is 6.07. The zero-order chi connectivity index (χ0) is 18.1. The van der Waals surface area contributed by atoms with Crippen LogP contribution in [-0.2, 0) is 0 Å². The predicted molar refractivity (Wildman–Crippen MR) is 105 cm³/mol. The van der Waals surface area contributed by atoms with Gasteiger partial charge in [0.1, 0.15) is 6.33 Å². The molecule has 1 heterocycles. The second-order valence-corrected chi connectivity index (χ2v) is 6.50. The number of imidazole rings is 1. The highest BCUT2D eigenvalue weighted by Crippen LogP contribution is 2.23. The number of para-hydroxylation sites is 1. The van der Waals surface area contributed by atoms with Crippen molar-refractivity contribution in [2.45, 2.75) is 6.92 Å². The molecular formula is C21H16ClN3O. The van der Waals surface area contributed by atoms with E-state index in [-0.39, 0.29) is 5.91 Å². The van der Waals surface area contributed by atoms with Crippen LogP contribution in [0.3, 0.4) is 0 Å². The molecule has 0 aliphatic rings. The minimum Gasteiger partial charge on any atom is -0.322 e. The van der Waals surface area contributed by atoms with Gasteiger partial charge in [0.15, 0.2) is 0 Å². The number of amides is 1. The lowest BCUT2D eigenvalue weighted by molar-refractivity contribution is 0.102. The molecule has 0 saturated heterocycles. The average molecular weight is 362 g/mol. The Hall–Kier alpha value is -3.11. The molecule has 128 valence electrons. The minimum absolute atomic E-state index is 0.188. The number of anilines is 1. The average Bonchev–Trinajstić information content (AvgIpc) is 3.08. The van der Waals surface area contributed by atoms with E-state index in [9.17, 15) is 4.79 Å².